The van der Waals surface area contributed by atoms with Gasteiger partial charge in [0, 0.05) is 25.2 Å². The molecule has 0 bridgehead atoms. The van der Waals surface area contributed by atoms with E-state index < -0.39 is 8.32 Å². The van der Waals surface area contributed by atoms with Gasteiger partial charge in [-0.1, -0.05) is 51.1 Å². The zero-order valence-electron chi connectivity index (χ0n) is 23.5. The fraction of sp³-hybridized carbons (Fsp3) is 0.613. The van der Waals surface area contributed by atoms with Gasteiger partial charge in [0.05, 0.1) is 11.8 Å². The van der Waals surface area contributed by atoms with Crippen molar-refractivity contribution >= 4 is 14.1 Å². The van der Waals surface area contributed by atoms with E-state index in [9.17, 15) is 4.79 Å². The summed E-state index contributed by atoms with van der Waals surface area (Å²) in [4.78, 5) is 20.2. The number of Topliss-reactive ketones (excluding diaryl/α,β-unsaturated/α-hetero) is 1. The number of carbonyl (C=O) groups excluding carboxylic acids is 1. The topological polar surface area (TPSA) is 42.4 Å². The van der Waals surface area contributed by atoms with Gasteiger partial charge in [-0.25, -0.2) is 0 Å². The Hall–Kier alpha value is -1.82. The predicted molar refractivity (Wildman–Crippen MR) is 151 cm³/mol. The lowest BCUT2D eigenvalue weighted by atomic mass is 9.77. The number of aryl methyl sites for hydroxylation is 2. The summed E-state index contributed by atoms with van der Waals surface area (Å²) in [6.45, 7) is 18.6. The molecule has 0 N–H and O–H groups in total. The normalized spacial score (nSPS) is 25.8. The minimum absolute atomic E-state index is 0.0581. The van der Waals surface area contributed by atoms with Gasteiger partial charge in [0.1, 0.15) is 5.78 Å². The zero-order chi connectivity index (χ0) is 26.1. The molecule has 1 aliphatic carbocycles. The third-order valence-corrected chi connectivity index (χ3v) is 13.7. The van der Waals surface area contributed by atoms with Crippen LogP contribution in [0.1, 0.15) is 81.4 Å². The number of likely N-dealkylation sites (tertiary alicyclic amines) is 1. The summed E-state index contributed by atoms with van der Waals surface area (Å²) in [5.41, 5.74) is 5.17. The van der Waals surface area contributed by atoms with Gasteiger partial charge in [0.15, 0.2) is 8.32 Å². The number of pyridine rings is 1. The van der Waals surface area contributed by atoms with Crippen LogP contribution in [0, 0.1) is 18.8 Å². The first-order valence-corrected chi connectivity index (χ1v) is 16.8. The maximum Gasteiger partial charge on any atom is 0.192 e. The van der Waals surface area contributed by atoms with Crippen molar-refractivity contribution in [3.63, 3.8) is 0 Å². The molecule has 4 rings (SSSR count). The fourth-order valence-corrected chi connectivity index (χ4v) is 7.26. The minimum atomic E-state index is -1.94. The molecule has 1 aromatic carbocycles. The Morgan fingerprint density at radius 1 is 1.14 bits per heavy atom. The summed E-state index contributed by atoms with van der Waals surface area (Å²) in [5, 5.41) is 0.163. The van der Waals surface area contributed by atoms with Crippen LogP contribution in [0.5, 0.6) is 0 Å². The molecular weight excluding hydrogens is 460 g/mol. The quantitative estimate of drug-likeness (QED) is 0.309. The smallest absolute Gasteiger partial charge is 0.192 e. The van der Waals surface area contributed by atoms with Gasteiger partial charge >= 0.3 is 0 Å². The number of rotatable bonds is 6. The SMILES string of the molecule is CC(=O)[C@@H]1CN(C[C@@H]2CCc3cccnc3[C@@H](O[Si](C)(C)C(C)(C)C)C2)CC[C@H]1c1ccccc1C. The highest BCUT2D eigenvalue weighted by Gasteiger charge is 2.42. The molecular formula is C31H46N2O2Si. The van der Waals surface area contributed by atoms with Gasteiger partial charge in [-0.15, -0.1) is 0 Å². The highest BCUT2D eigenvalue weighted by atomic mass is 28.4. The lowest BCUT2D eigenvalue weighted by Gasteiger charge is -2.41. The molecule has 0 saturated carbocycles. The predicted octanol–water partition coefficient (Wildman–Crippen LogP) is 7.10. The van der Waals surface area contributed by atoms with E-state index in [1.54, 1.807) is 6.92 Å². The Kier molecular flexibility index (Phi) is 8.23. The van der Waals surface area contributed by atoms with Gasteiger partial charge in [0.2, 0.25) is 0 Å². The van der Waals surface area contributed by atoms with Crippen LogP contribution in [0.15, 0.2) is 42.6 Å². The van der Waals surface area contributed by atoms with Crippen molar-refractivity contribution in [1.82, 2.24) is 9.88 Å². The molecule has 4 atom stereocenters. The van der Waals surface area contributed by atoms with E-state index in [1.165, 1.54) is 16.7 Å². The van der Waals surface area contributed by atoms with Crippen LogP contribution >= 0.6 is 0 Å². The molecule has 4 nitrogen and oxygen atoms in total. The van der Waals surface area contributed by atoms with Crippen LogP contribution in [0.2, 0.25) is 18.1 Å². The van der Waals surface area contributed by atoms with Crippen LogP contribution < -0.4 is 0 Å². The minimum Gasteiger partial charge on any atom is -0.408 e. The molecule has 0 amide bonds. The average Bonchev–Trinajstić information content (AvgIpc) is 2.98. The molecule has 196 valence electrons. The molecule has 1 aliphatic heterocycles. The van der Waals surface area contributed by atoms with Gasteiger partial charge in [-0.05, 0) is 98.8 Å². The standard InChI is InChI=1S/C31H46N2O2Si/c1-22-11-8-9-13-26(22)27-16-18-33(21-28(27)23(2)34)20-24-14-15-25-12-10-17-32-30(25)29(19-24)35-36(6,7)31(3,4)5/h8-13,17,24,27-29H,14-16,18-21H2,1-7H3/t24-,27+,28+,29+/m1/s1. The monoisotopic (exact) mass is 506 g/mol. The first-order valence-electron chi connectivity index (χ1n) is 13.9. The van der Waals surface area contributed by atoms with E-state index in [2.05, 4.69) is 82.1 Å². The molecule has 2 aromatic rings. The molecule has 0 unspecified atom stereocenters. The van der Waals surface area contributed by atoms with Crippen LogP contribution in [0.4, 0.5) is 0 Å². The number of fused-ring (bicyclic) bond motifs is 1. The second kappa shape index (κ2) is 10.9. The van der Waals surface area contributed by atoms with E-state index in [1.807, 2.05) is 6.20 Å². The highest BCUT2D eigenvalue weighted by molar-refractivity contribution is 6.74. The summed E-state index contributed by atoms with van der Waals surface area (Å²) >= 11 is 0. The van der Waals surface area contributed by atoms with E-state index >= 15 is 0 Å². The number of benzene rings is 1. The number of carbonyl (C=O) groups is 1. The maximum absolute atomic E-state index is 12.8. The Labute approximate surface area is 220 Å². The third-order valence-electron chi connectivity index (χ3n) is 9.17. The van der Waals surface area contributed by atoms with Gasteiger partial charge in [-0.2, -0.15) is 0 Å². The number of aromatic nitrogens is 1. The molecule has 1 saturated heterocycles. The number of piperidine rings is 1. The number of ketones is 1. The van der Waals surface area contributed by atoms with Crippen molar-refractivity contribution in [2.24, 2.45) is 11.8 Å². The number of nitrogens with zero attached hydrogens (tertiary/aromatic N) is 2. The van der Waals surface area contributed by atoms with E-state index in [0.717, 1.165) is 51.0 Å². The molecule has 36 heavy (non-hydrogen) atoms. The Bertz CT molecular complexity index is 1060. The summed E-state index contributed by atoms with van der Waals surface area (Å²) in [5.74, 6) is 1.27. The van der Waals surface area contributed by atoms with Crippen molar-refractivity contribution in [3.05, 3.63) is 65.0 Å². The second-order valence-electron chi connectivity index (χ2n) is 12.8. The van der Waals surface area contributed by atoms with Crippen molar-refractivity contribution in [3.8, 4) is 0 Å². The molecule has 0 spiro atoms. The van der Waals surface area contributed by atoms with Crippen LogP contribution in [-0.4, -0.2) is 43.6 Å². The van der Waals surface area contributed by atoms with E-state index in [0.29, 0.717) is 17.6 Å². The van der Waals surface area contributed by atoms with Crippen LogP contribution in [0.3, 0.4) is 0 Å². The lowest BCUT2D eigenvalue weighted by molar-refractivity contribution is -0.123. The van der Waals surface area contributed by atoms with Crippen molar-refractivity contribution < 1.29 is 9.22 Å². The lowest BCUT2D eigenvalue weighted by Crippen LogP contribution is -2.45. The number of hydrogen-bond donors (Lipinski definition) is 0. The number of hydrogen-bond acceptors (Lipinski definition) is 4. The second-order valence-corrected chi connectivity index (χ2v) is 17.5. The van der Waals surface area contributed by atoms with Crippen molar-refractivity contribution in [1.29, 1.82) is 0 Å². The molecule has 1 aromatic heterocycles. The van der Waals surface area contributed by atoms with Crippen molar-refractivity contribution in [2.45, 2.75) is 90.5 Å². The molecule has 2 heterocycles. The van der Waals surface area contributed by atoms with E-state index in [-0.39, 0.29) is 17.1 Å². The Morgan fingerprint density at radius 2 is 1.89 bits per heavy atom. The summed E-state index contributed by atoms with van der Waals surface area (Å²) in [6, 6.07) is 12.9. The first-order chi connectivity index (χ1) is 17.0. The zero-order valence-corrected chi connectivity index (χ0v) is 24.5. The third kappa shape index (κ3) is 6.00. The Balaban J connectivity index is 1.50. The largest absolute Gasteiger partial charge is 0.408 e. The van der Waals surface area contributed by atoms with Crippen LogP contribution in [-0.2, 0) is 15.6 Å². The average molecular weight is 507 g/mol. The summed E-state index contributed by atoms with van der Waals surface area (Å²) in [7, 11) is -1.94. The summed E-state index contributed by atoms with van der Waals surface area (Å²) in [6.07, 6.45) is 6.25. The fourth-order valence-electron chi connectivity index (χ4n) is 5.98. The molecule has 2 aliphatic rings. The summed E-state index contributed by atoms with van der Waals surface area (Å²) < 4.78 is 7.02. The highest BCUT2D eigenvalue weighted by Crippen LogP contribution is 2.43. The Morgan fingerprint density at radius 3 is 2.58 bits per heavy atom. The first kappa shape index (κ1) is 27.2. The maximum atomic E-state index is 12.8. The van der Waals surface area contributed by atoms with Crippen LogP contribution in [0.25, 0.3) is 0 Å². The molecule has 1 fully saturated rings. The van der Waals surface area contributed by atoms with Crippen molar-refractivity contribution in [2.75, 3.05) is 19.6 Å². The van der Waals surface area contributed by atoms with Gasteiger partial charge in [-0.3, -0.25) is 9.78 Å². The molecule has 5 heteroatoms. The van der Waals surface area contributed by atoms with E-state index in [4.69, 9.17) is 9.41 Å². The van der Waals surface area contributed by atoms with Gasteiger partial charge < -0.3 is 9.33 Å². The molecule has 0 radical (unpaired) electrons. The van der Waals surface area contributed by atoms with Gasteiger partial charge in [0.25, 0.3) is 0 Å².